The van der Waals surface area contributed by atoms with E-state index in [1.807, 2.05) is 25.1 Å². The summed E-state index contributed by atoms with van der Waals surface area (Å²) in [5, 5.41) is 0. The first-order valence-electron chi connectivity index (χ1n) is 6.18. The number of halogens is 1. The van der Waals surface area contributed by atoms with Crippen molar-refractivity contribution in [3.8, 4) is 0 Å². The van der Waals surface area contributed by atoms with Gasteiger partial charge in [-0.1, -0.05) is 11.6 Å². The highest BCUT2D eigenvalue weighted by molar-refractivity contribution is 7.16. The molecule has 2 aromatic heterocycles. The third-order valence-corrected chi connectivity index (χ3v) is 4.01. The average Bonchev–Trinajstić information content (AvgIpc) is 2.95. The van der Waals surface area contributed by atoms with Crippen LogP contribution in [0.5, 0.6) is 0 Å². The molecule has 0 aromatic carbocycles. The molecule has 104 valence electrons. The Kier molecular flexibility index (Phi) is 5.45. The fraction of sp³-hybridized carbons (Fsp3) is 0.429. The predicted octanol–water partition coefficient (Wildman–Crippen LogP) is 3.95. The van der Waals surface area contributed by atoms with E-state index in [2.05, 4.69) is 11.0 Å². The van der Waals surface area contributed by atoms with Crippen LogP contribution < -0.4 is 0 Å². The van der Waals surface area contributed by atoms with Crippen molar-refractivity contribution in [3.63, 3.8) is 0 Å². The van der Waals surface area contributed by atoms with Crippen LogP contribution in [0, 0.1) is 6.92 Å². The average molecular weight is 300 g/mol. The molecule has 0 bridgehead atoms. The lowest BCUT2D eigenvalue weighted by Gasteiger charge is -2.19. The van der Waals surface area contributed by atoms with Crippen LogP contribution in [0.15, 0.2) is 28.7 Å². The Morgan fingerprint density at radius 3 is 2.68 bits per heavy atom. The topological polar surface area (TPSA) is 25.6 Å². The minimum absolute atomic E-state index is 0.707. The molecule has 0 saturated heterocycles. The first-order chi connectivity index (χ1) is 9.17. The lowest BCUT2D eigenvalue weighted by atomic mass is 10.3. The zero-order chi connectivity index (χ0) is 13.7. The molecule has 2 rings (SSSR count). The summed E-state index contributed by atoms with van der Waals surface area (Å²) in [6.07, 6.45) is 0. The van der Waals surface area contributed by atoms with Gasteiger partial charge in [0.2, 0.25) is 0 Å². The fourth-order valence-electron chi connectivity index (χ4n) is 1.88. The second-order valence-electron chi connectivity index (χ2n) is 4.42. The lowest BCUT2D eigenvalue weighted by molar-refractivity contribution is 0.135. The van der Waals surface area contributed by atoms with E-state index in [9.17, 15) is 0 Å². The van der Waals surface area contributed by atoms with Crippen LogP contribution >= 0.6 is 22.9 Å². The Morgan fingerprint density at radius 2 is 2.11 bits per heavy atom. The third kappa shape index (κ3) is 4.66. The fourth-order valence-corrected chi connectivity index (χ4v) is 3.01. The van der Waals surface area contributed by atoms with Crippen LogP contribution in [0.1, 0.15) is 16.4 Å². The third-order valence-electron chi connectivity index (χ3n) is 2.80. The molecule has 0 radical (unpaired) electrons. The maximum absolute atomic E-state index is 5.97. The maximum Gasteiger partial charge on any atom is 0.118 e. The summed E-state index contributed by atoms with van der Waals surface area (Å²) in [6, 6.07) is 8.02. The van der Waals surface area contributed by atoms with Gasteiger partial charge in [0.1, 0.15) is 11.5 Å². The summed E-state index contributed by atoms with van der Waals surface area (Å²) in [5.41, 5.74) is 0. The molecule has 3 nitrogen and oxygen atoms in total. The number of hydrogen-bond donors (Lipinski definition) is 0. The van der Waals surface area contributed by atoms with Crippen LogP contribution in [0.4, 0.5) is 0 Å². The van der Waals surface area contributed by atoms with Crippen molar-refractivity contribution in [1.29, 1.82) is 0 Å². The van der Waals surface area contributed by atoms with Gasteiger partial charge >= 0.3 is 0 Å². The van der Waals surface area contributed by atoms with Gasteiger partial charge in [-0.3, -0.25) is 4.90 Å². The number of ether oxygens (including phenoxy) is 1. The van der Waals surface area contributed by atoms with Gasteiger partial charge in [0, 0.05) is 25.1 Å². The normalized spacial score (nSPS) is 11.4. The van der Waals surface area contributed by atoms with Crippen LogP contribution in [0.3, 0.4) is 0 Å². The molecule has 2 heterocycles. The van der Waals surface area contributed by atoms with E-state index < -0.39 is 0 Å². The van der Waals surface area contributed by atoms with E-state index in [4.69, 9.17) is 20.8 Å². The Bertz CT molecular complexity index is 467. The van der Waals surface area contributed by atoms with Crippen LogP contribution in [-0.4, -0.2) is 25.2 Å². The first-order valence-corrected chi connectivity index (χ1v) is 7.37. The van der Waals surface area contributed by atoms with Crippen molar-refractivity contribution in [2.75, 3.05) is 20.3 Å². The molecule has 0 unspecified atom stereocenters. The number of aryl methyl sites for hydroxylation is 1. The van der Waals surface area contributed by atoms with Crippen LogP contribution in [-0.2, 0) is 17.8 Å². The predicted molar refractivity (Wildman–Crippen MR) is 78.8 cm³/mol. The minimum atomic E-state index is 0.707. The number of furan rings is 1. The molecule has 0 saturated carbocycles. The summed E-state index contributed by atoms with van der Waals surface area (Å²) >= 11 is 7.59. The van der Waals surface area contributed by atoms with E-state index in [1.165, 1.54) is 4.88 Å². The molecule has 0 aliphatic heterocycles. The summed E-state index contributed by atoms with van der Waals surface area (Å²) in [6.45, 7) is 5.18. The molecular weight excluding hydrogens is 282 g/mol. The quantitative estimate of drug-likeness (QED) is 0.774. The molecule has 2 aromatic rings. The largest absolute Gasteiger partial charge is 0.465 e. The van der Waals surface area contributed by atoms with Crippen molar-refractivity contribution < 1.29 is 9.15 Å². The standard InChI is InChI=1S/C14H18ClNO2S/c1-11-3-4-12(18-11)9-16(7-8-17-2)10-13-5-6-14(15)19-13/h3-6H,7-10H2,1-2H3. The molecule has 0 aliphatic carbocycles. The Balaban J connectivity index is 1.98. The number of rotatable bonds is 7. The summed E-state index contributed by atoms with van der Waals surface area (Å²) < 4.78 is 11.6. The lowest BCUT2D eigenvalue weighted by Crippen LogP contribution is -2.26. The highest BCUT2D eigenvalue weighted by atomic mass is 35.5. The van der Waals surface area contributed by atoms with Gasteiger partial charge in [-0.2, -0.15) is 0 Å². The van der Waals surface area contributed by atoms with Gasteiger partial charge < -0.3 is 9.15 Å². The van der Waals surface area contributed by atoms with Crippen molar-refractivity contribution in [1.82, 2.24) is 4.90 Å². The van der Waals surface area contributed by atoms with Crippen molar-refractivity contribution in [2.45, 2.75) is 20.0 Å². The summed E-state index contributed by atoms with van der Waals surface area (Å²) in [7, 11) is 1.72. The van der Waals surface area contributed by atoms with Crippen molar-refractivity contribution in [3.05, 3.63) is 45.0 Å². The molecule has 0 N–H and O–H groups in total. The second kappa shape index (κ2) is 7.10. The highest BCUT2D eigenvalue weighted by Gasteiger charge is 2.10. The van der Waals surface area contributed by atoms with Gasteiger partial charge in [0.05, 0.1) is 17.5 Å². The number of thiophene rings is 1. The van der Waals surface area contributed by atoms with Crippen LogP contribution in [0.2, 0.25) is 4.34 Å². The van der Waals surface area contributed by atoms with Crippen LogP contribution in [0.25, 0.3) is 0 Å². The monoisotopic (exact) mass is 299 g/mol. The number of hydrogen-bond acceptors (Lipinski definition) is 4. The second-order valence-corrected chi connectivity index (χ2v) is 6.22. The maximum atomic E-state index is 5.97. The van der Waals surface area contributed by atoms with E-state index in [0.717, 1.165) is 35.5 Å². The molecule has 5 heteroatoms. The number of methoxy groups -OCH3 is 1. The van der Waals surface area contributed by atoms with Gasteiger partial charge in [0.25, 0.3) is 0 Å². The Labute approximate surface area is 122 Å². The summed E-state index contributed by atoms with van der Waals surface area (Å²) in [5.74, 6) is 1.93. The van der Waals surface area contributed by atoms with E-state index in [0.29, 0.717) is 6.61 Å². The molecular formula is C14H18ClNO2S. The molecule has 0 atom stereocenters. The van der Waals surface area contributed by atoms with Gasteiger partial charge in [-0.05, 0) is 31.2 Å². The highest BCUT2D eigenvalue weighted by Crippen LogP contribution is 2.23. The van der Waals surface area contributed by atoms with E-state index in [-0.39, 0.29) is 0 Å². The van der Waals surface area contributed by atoms with Crippen molar-refractivity contribution >= 4 is 22.9 Å². The Hall–Kier alpha value is -0.810. The van der Waals surface area contributed by atoms with Gasteiger partial charge in [-0.15, -0.1) is 11.3 Å². The smallest absolute Gasteiger partial charge is 0.118 e. The number of nitrogens with zero attached hydrogens (tertiary/aromatic N) is 1. The van der Waals surface area contributed by atoms with Gasteiger partial charge in [-0.25, -0.2) is 0 Å². The van der Waals surface area contributed by atoms with Crippen molar-refractivity contribution in [2.24, 2.45) is 0 Å². The first kappa shape index (κ1) is 14.6. The van der Waals surface area contributed by atoms with E-state index in [1.54, 1.807) is 18.4 Å². The Morgan fingerprint density at radius 1 is 1.26 bits per heavy atom. The summed E-state index contributed by atoms with van der Waals surface area (Å²) in [4.78, 5) is 3.55. The zero-order valence-corrected chi connectivity index (χ0v) is 12.8. The molecule has 19 heavy (non-hydrogen) atoms. The zero-order valence-electron chi connectivity index (χ0n) is 11.2. The molecule has 0 spiro atoms. The molecule has 0 aliphatic rings. The SMILES string of the molecule is COCCN(Cc1ccc(C)o1)Cc1ccc(Cl)s1. The minimum Gasteiger partial charge on any atom is -0.465 e. The molecule has 0 amide bonds. The van der Waals surface area contributed by atoms with Gasteiger partial charge in [0.15, 0.2) is 0 Å². The van der Waals surface area contributed by atoms with E-state index >= 15 is 0 Å². The molecule has 0 fully saturated rings.